The van der Waals surface area contributed by atoms with Gasteiger partial charge in [0.25, 0.3) is 0 Å². The van der Waals surface area contributed by atoms with Crippen LogP contribution >= 0.6 is 11.5 Å². The number of hydrogen-bond acceptors (Lipinski definition) is 5. The molecule has 118 valence electrons. The third kappa shape index (κ3) is 2.24. The molecule has 0 aromatic carbocycles. The van der Waals surface area contributed by atoms with Crippen LogP contribution in [0.4, 0.5) is 5.13 Å². The summed E-state index contributed by atoms with van der Waals surface area (Å²) in [5, 5.41) is 1.07. The zero-order chi connectivity index (χ0) is 15.1. The van der Waals surface area contributed by atoms with E-state index in [0.717, 1.165) is 30.3 Å². The van der Waals surface area contributed by atoms with Gasteiger partial charge in [0.05, 0.1) is 11.7 Å². The molecule has 1 saturated heterocycles. The summed E-state index contributed by atoms with van der Waals surface area (Å²) >= 11 is 1.54. The molecule has 0 bridgehead atoms. The predicted molar refractivity (Wildman–Crippen MR) is 88.5 cm³/mol. The van der Waals surface area contributed by atoms with Gasteiger partial charge >= 0.3 is 0 Å². The van der Waals surface area contributed by atoms with Crippen LogP contribution < -0.4 is 4.90 Å². The Balaban J connectivity index is 1.67. The van der Waals surface area contributed by atoms with E-state index in [1.165, 1.54) is 60.8 Å². The molecule has 6 heteroatoms. The van der Waals surface area contributed by atoms with Crippen LogP contribution in [0.5, 0.6) is 0 Å². The van der Waals surface area contributed by atoms with Gasteiger partial charge < -0.3 is 9.47 Å². The fourth-order valence-corrected chi connectivity index (χ4v) is 4.60. The summed E-state index contributed by atoms with van der Waals surface area (Å²) in [7, 11) is 2.19. The Bertz CT molecular complexity index is 674. The normalized spacial score (nSPS) is 21.4. The Kier molecular flexibility index (Phi) is 3.64. The Labute approximate surface area is 135 Å². The van der Waals surface area contributed by atoms with E-state index >= 15 is 0 Å². The molecule has 1 unspecified atom stereocenters. The molecule has 1 aliphatic heterocycles. The van der Waals surface area contributed by atoms with Gasteiger partial charge in [0.1, 0.15) is 11.6 Å². The number of hydrogen-bond donors (Lipinski definition) is 0. The van der Waals surface area contributed by atoms with Crippen LogP contribution in [0.1, 0.15) is 61.7 Å². The SMILES string of the molecule is CCc1nsc(N2CCCC2c2nc3c(n2C)CCCC3)n1. The molecule has 2 aliphatic rings. The monoisotopic (exact) mass is 317 g/mol. The van der Waals surface area contributed by atoms with Gasteiger partial charge in [-0.1, -0.05) is 6.92 Å². The van der Waals surface area contributed by atoms with Crippen molar-refractivity contribution >= 4 is 16.7 Å². The average molecular weight is 317 g/mol. The summed E-state index contributed by atoms with van der Waals surface area (Å²) in [5.74, 6) is 2.20. The minimum Gasteiger partial charge on any atom is -0.337 e. The number of fused-ring (bicyclic) bond motifs is 1. The van der Waals surface area contributed by atoms with Crippen LogP contribution in [-0.2, 0) is 26.3 Å². The molecule has 1 atom stereocenters. The zero-order valence-electron chi connectivity index (χ0n) is 13.4. The van der Waals surface area contributed by atoms with Crippen LogP contribution in [0.15, 0.2) is 0 Å². The molecule has 0 N–H and O–H groups in total. The molecule has 2 aromatic heterocycles. The molecule has 1 fully saturated rings. The first-order valence-electron chi connectivity index (χ1n) is 8.41. The summed E-state index contributed by atoms with van der Waals surface area (Å²) in [5.41, 5.74) is 2.79. The molecule has 0 amide bonds. The fraction of sp³-hybridized carbons (Fsp3) is 0.688. The number of aromatic nitrogens is 4. The highest BCUT2D eigenvalue weighted by atomic mass is 32.1. The van der Waals surface area contributed by atoms with E-state index in [1.54, 1.807) is 0 Å². The van der Waals surface area contributed by atoms with Crippen molar-refractivity contribution in [2.24, 2.45) is 7.05 Å². The number of anilines is 1. The highest BCUT2D eigenvalue weighted by molar-refractivity contribution is 7.09. The summed E-state index contributed by atoms with van der Waals surface area (Å²) in [4.78, 5) is 12.1. The van der Waals surface area contributed by atoms with Crippen molar-refractivity contribution in [1.29, 1.82) is 0 Å². The Morgan fingerprint density at radius 2 is 2.05 bits per heavy atom. The third-order valence-electron chi connectivity index (χ3n) is 4.98. The second-order valence-electron chi connectivity index (χ2n) is 6.33. The number of nitrogens with zero attached hydrogens (tertiary/aromatic N) is 5. The van der Waals surface area contributed by atoms with Gasteiger partial charge in [-0.2, -0.15) is 4.37 Å². The van der Waals surface area contributed by atoms with Crippen molar-refractivity contribution in [2.75, 3.05) is 11.4 Å². The number of rotatable bonds is 3. The maximum atomic E-state index is 5.01. The minimum atomic E-state index is 0.369. The molecule has 1 aliphatic carbocycles. The van der Waals surface area contributed by atoms with Gasteiger partial charge in [0.15, 0.2) is 0 Å². The molecule has 3 heterocycles. The van der Waals surface area contributed by atoms with Crippen LogP contribution in [0.25, 0.3) is 0 Å². The van der Waals surface area contributed by atoms with E-state index in [1.807, 2.05) is 0 Å². The second-order valence-corrected chi connectivity index (χ2v) is 7.06. The fourth-order valence-electron chi connectivity index (χ4n) is 3.77. The molecular weight excluding hydrogens is 294 g/mol. The van der Waals surface area contributed by atoms with E-state index < -0.39 is 0 Å². The van der Waals surface area contributed by atoms with Gasteiger partial charge in [0.2, 0.25) is 5.13 Å². The molecule has 0 saturated carbocycles. The van der Waals surface area contributed by atoms with E-state index in [4.69, 9.17) is 9.97 Å². The molecule has 22 heavy (non-hydrogen) atoms. The maximum Gasteiger partial charge on any atom is 0.205 e. The lowest BCUT2D eigenvalue weighted by Crippen LogP contribution is -2.25. The summed E-state index contributed by atoms with van der Waals surface area (Å²) < 4.78 is 6.82. The van der Waals surface area contributed by atoms with Gasteiger partial charge in [-0.15, -0.1) is 0 Å². The molecule has 2 aromatic rings. The smallest absolute Gasteiger partial charge is 0.205 e. The van der Waals surface area contributed by atoms with E-state index in [-0.39, 0.29) is 0 Å². The number of aryl methyl sites for hydroxylation is 2. The molecular formula is C16H23N5S. The highest BCUT2D eigenvalue weighted by Gasteiger charge is 2.33. The molecule has 0 radical (unpaired) electrons. The minimum absolute atomic E-state index is 0.369. The van der Waals surface area contributed by atoms with Gasteiger partial charge in [0, 0.05) is 37.2 Å². The largest absolute Gasteiger partial charge is 0.337 e. The molecule has 5 nitrogen and oxygen atoms in total. The lowest BCUT2D eigenvalue weighted by Gasteiger charge is -2.23. The summed E-state index contributed by atoms with van der Waals surface area (Å²) in [6.07, 6.45) is 8.21. The third-order valence-corrected chi connectivity index (χ3v) is 5.77. The van der Waals surface area contributed by atoms with Gasteiger partial charge in [-0.05, 0) is 38.5 Å². The number of imidazole rings is 1. The predicted octanol–water partition coefficient (Wildman–Crippen LogP) is 3.05. The first-order chi connectivity index (χ1) is 10.8. The highest BCUT2D eigenvalue weighted by Crippen LogP contribution is 2.37. The lowest BCUT2D eigenvalue weighted by atomic mass is 10.0. The van der Waals surface area contributed by atoms with Crippen LogP contribution in [-0.4, -0.2) is 25.5 Å². The van der Waals surface area contributed by atoms with Crippen molar-refractivity contribution in [3.05, 3.63) is 23.0 Å². The van der Waals surface area contributed by atoms with Crippen LogP contribution in [0.2, 0.25) is 0 Å². The summed E-state index contributed by atoms with van der Waals surface area (Å²) in [6, 6.07) is 0.369. The first-order valence-corrected chi connectivity index (χ1v) is 9.19. The van der Waals surface area contributed by atoms with Crippen molar-refractivity contribution in [2.45, 2.75) is 57.9 Å². The molecule has 0 spiro atoms. The van der Waals surface area contributed by atoms with Gasteiger partial charge in [-0.25, -0.2) is 9.97 Å². The van der Waals surface area contributed by atoms with E-state index in [9.17, 15) is 0 Å². The average Bonchev–Trinajstić information content (AvgIpc) is 3.25. The topological polar surface area (TPSA) is 46.8 Å². The van der Waals surface area contributed by atoms with Crippen LogP contribution in [0.3, 0.4) is 0 Å². The Morgan fingerprint density at radius 1 is 1.18 bits per heavy atom. The second kappa shape index (κ2) is 5.65. The standard InChI is InChI=1S/C16H23N5S/c1-3-14-18-16(22-19-14)21-10-6-9-13(21)15-17-11-7-4-5-8-12(11)20(15)2/h13H,3-10H2,1-2H3. The first kappa shape index (κ1) is 14.2. The van der Waals surface area contributed by atoms with Crippen molar-refractivity contribution in [1.82, 2.24) is 18.9 Å². The summed E-state index contributed by atoms with van der Waals surface area (Å²) in [6.45, 7) is 3.18. The van der Waals surface area contributed by atoms with Crippen LogP contribution in [0, 0.1) is 0 Å². The Morgan fingerprint density at radius 3 is 2.82 bits per heavy atom. The Hall–Kier alpha value is -1.43. The van der Waals surface area contributed by atoms with Crippen molar-refractivity contribution in [3.63, 3.8) is 0 Å². The zero-order valence-corrected chi connectivity index (χ0v) is 14.2. The lowest BCUT2D eigenvalue weighted by molar-refractivity contribution is 0.608. The van der Waals surface area contributed by atoms with Crippen molar-refractivity contribution < 1.29 is 0 Å². The van der Waals surface area contributed by atoms with E-state index in [0.29, 0.717) is 6.04 Å². The molecule has 4 rings (SSSR count). The maximum absolute atomic E-state index is 5.01. The van der Waals surface area contributed by atoms with Gasteiger partial charge in [-0.3, -0.25) is 0 Å². The van der Waals surface area contributed by atoms with Crippen molar-refractivity contribution in [3.8, 4) is 0 Å². The quantitative estimate of drug-likeness (QED) is 0.873. The van der Waals surface area contributed by atoms with E-state index in [2.05, 4.69) is 27.8 Å².